The lowest BCUT2D eigenvalue weighted by Crippen LogP contribution is -2.39. The van der Waals surface area contributed by atoms with E-state index in [0.29, 0.717) is 12.3 Å². The molecule has 0 unspecified atom stereocenters. The minimum absolute atomic E-state index is 0.0687. The molecule has 140 valence electrons. The molecule has 1 aliphatic rings. The highest BCUT2D eigenvalue weighted by Gasteiger charge is 2.29. The molecule has 3 aromatic rings. The summed E-state index contributed by atoms with van der Waals surface area (Å²) in [6.07, 6.45) is 2.85. The third-order valence-electron chi connectivity index (χ3n) is 4.63. The first kappa shape index (κ1) is 18.0. The summed E-state index contributed by atoms with van der Waals surface area (Å²) in [4.78, 5) is 30.6. The number of para-hydroxylation sites is 1. The fraction of sp³-hybridized carbons (Fsp3) is 0.333. The van der Waals surface area contributed by atoms with Crippen molar-refractivity contribution in [1.29, 1.82) is 0 Å². The SMILES string of the molecule is NC(=O)c1cc([C@H]2CCCCN2C(=O)CSc2nc3ccccc3s2)[nH]n1. The van der Waals surface area contributed by atoms with Crippen molar-refractivity contribution < 1.29 is 9.59 Å². The number of nitrogens with two attached hydrogens (primary N) is 1. The van der Waals surface area contributed by atoms with Crippen LogP contribution in [0.1, 0.15) is 41.5 Å². The predicted octanol–water partition coefficient (Wildman–Crippen LogP) is 2.96. The van der Waals surface area contributed by atoms with E-state index in [2.05, 4.69) is 15.2 Å². The molecule has 7 nitrogen and oxygen atoms in total. The van der Waals surface area contributed by atoms with E-state index >= 15 is 0 Å². The summed E-state index contributed by atoms with van der Waals surface area (Å²) in [6, 6.07) is 9.52. The second-order valence-corrected chi connectivity index (χ2v) is 8.66. The molecular weight excluding hydrogens is 382 g/mol. The van der Waals surface area contributed by atoms with Gasteiger partial charge in [0.1, 0.15) is 5.69 Å². The number of nitrogens with one attached hydrogen (secondary N) is 1. The summed E-state index contributed by atoms with van der Waals surface area (Å²) in [5, 5.41) is 6.82. The maximum Gasteiger partial charge on any atom is 0.269 e. The third kappa shape index (κ3) is 3.84. The number of rotatable bonds is 5. The maximum atomic E-state index is 12.9. The first-order valence-electron chi connectivity index (χ1n) is 8.75. The average Bonchev–Trinajstić information content (AvgIpc) is 3.33. The number of aromatic nitrogens is 3. The molecule has 3 heterocycles. The van der Waals surface area contributed by atoms with Gasteiger partial charge in [-0.15, -0.1) is 11.3 Å². The molecule has 27 heavy (non-hydrogen) atoms. The van der Waals surface area contributed by atoms with Crippen LogP contribution in [0.5, 0.6) is 0 Å². The summed E-state index contributed by atoms with van der Waals surface area (Å²) < 4.78 is 2.02. The molecule has 1 atom stereocenters. The van der Waals surface area contributed by atoms with E-state index in [-0.39, 0.29) is 17.6 Å². The molecule has 9 heteroatoms. The van der Waals surface area contributed by atoms with Crippen LogP contribution in [-0.2, 0) is 4.79 Å². The highest BCUT2D eigenvalue weighted by Crippen LogP contribution is 2.33. The zero-order chi connectivity index (χ0) is 18.8. The van der Waals surface area contributed by atoms with Crippen molar-refractivity contribution in [3.63, 3.8) is 0 Å². The van der Waals surface area contributed by atoms with Crippen LogP contribution in [0.4, 0.5) is 0 Å². The summed E-state index contributed by atoms with van der Waals surface area (Å²) >= 11 is 3.07. The number of primary amides is 1. The number of amides is 2. The van der Waals surface area contributed by atoms with Crippen molar-refractivity contribution in [1.82, 2.24) is 20.1 Å². The largest absolute Gasteiger partial charge is 0.364 e. The summed E-state index contributed by atoms with van der Waals surface area (Å²) in [5.74, 6) is -0.163. The first-order valence-corrected chi connectivity index (χ1v) is 10.5. The van der Waals surface area contributed by atoms with Crippen molar-refractivity contribution in [3.8, 4) is 0 Å². The lowest BCUT2D eigenvalue weighted by molar-refractivity contribution is -0.132. The van der Waals surface area contributed by atoms with Crippen molar-refractivity contribution in [2.24, 2.45) is 5.73 Å². The van der Waals surface area contributed by atoms with Gasteiger partial charge in [0.15, 0.2) is 4.34 Å². The quantitative estimate of drug-likeness (QED) is 0.640. The van der Waals surface area contributed by atoms with Gasteiger partial charge < -0.3 is 10.6 Å². The highest BCUT2D eigenvalue weighted by molar-refractivity contribution is 8.01. The summed E-state index contributed by atoms with van der Waals surface area (Å²) in [5.41, 5.74) is 7.21. The van der Waals surface area contributed by atoms with Gasteiger partial charge in [-0.05, 0) is 37.5 Å². The van der Waals surface area contributed by atoms with Gasteiger partial charge in [-0.2, -0.15) is 5.10 Å². The highest BCUT2D eigenvalue weighted by atomic mass is 32.2. The molecule has 1 saturated heterocycles. The average molecular weight is 402 g/mol. The molecule has 0 spiro atoms. The fourth-order valence-corrected chi connectivity index (χ4v) is 5.26. The lowest BCUT2D eigenvalue weighted by Gasteiger charge is -2.35. The zero-order valence-corrected chi connectivity index (χ0v) is 16.2. The van der Waals surface area contributed by atoms with E-state index in [0.717, 1.165) is 39.5 Å². The Morgan fingerprint density at radius 1 is 1.33 bits per heavy atom. The number of nitrogens with zero attached hydrogens (tertiary/aromatic N) is 3. The van der Waals surface area contributed by atoms with Gasteiger partial charge in [-0.25, -0.2) is 4.98 Å². The number of aromatic amines is 1. The van der Waals surface area contributed by atoms with Gasteiger partial charge >= 0.3 is 0 Å². The van der Waals surface area contributed by atoms with Gasteiger partial charge in [-0.1, -0.05) is 23.9 Å². The monoisotopic (exact) mass is 401 g/mol. The summed E-state index contributed by atoms with van der Waals surface area (Å²) in [7, 11) is 0. The number of hydrogen-bond donors (Lipinski definition) is 2. The third-order valence-corrected chi connectivity index (χ3v) is 6.79. The Balaban J connectivity index is 1.45. The Morgan fingerprint density at radius 2 is 2.19 bits per heavy atom. The Bertz CT molecular complexity index is 950. The van der Waals surface area contributed by atoms with E-state index in [4.69, 9.17) is 5.73 Å². The van der Waals surface area contributed by atoms with Gasteiger partial charge in [0.25, 0.3) is 5.91 Å². The van der Waals surface area contributed by atoms with Crippen LogP contribution < -0.4 is 5.73 Å². The number of benzene rings is 1. The molecule has 0 bridgehead atoms. The Labute approximate surface area is 164 Å². The molecule has 1 aromatic carbocycles. The Morgan fingerprint density at radius 3 is 2.96 bits per heavy atom. The topological polar surface area (TPSA) is 105 Å². The van der Waals surface area contributed by atoms with E-state index < -0.39 is 5.91 Å². The van der Waals surface area contributed by atoms with Crippen LogP contribution >= 0.6 is 23.1 Å². The van der Waals surface area contributed by atoms with Crippen molar-refractivity contribution in [2.75, 3.05) is 12.3 Å². The molecular formula is C18H19N5O2S2. The van der Waals surface area contributed by atoms with Crippen LogP contribution in [0.25, 0.3) is 10.2 Å². The molecule has 2 amide bonds. The van der Waals surface area contributed by atoms with Crippen LogP contribution in [0, 0.1) is 0 Å². The molecule has 2 aromatic heterocycles. The number of piperidine rings is 1. The second-order valence-electron chi connectivity index (χ2n) is 6.41. The number of carbonyl (C=O) groups is 2. The van der Waals surface area contributed by atoms with E-state index in [9.17, 15) is 9.59 Å². The number of H-pyrrole nitrogens is 1. The number of likely N-dealkylation sites (tertiary alicyclic amines) is 1. The van der Waals surface area contributed by atoms with Crippen molar-refractivity contribution >= 4 is 45.1 Å². The number of thioether (sulfide) groups is 1. The van der Waals surface area contributed by atoms with E-state index in [1.165, 1.54) is 11.8 Å². The van der Waals surface area contributed by atoms with Gasteiger partial charge in [0.2, 0.25) is 5.91 Å². The number of carbonyl (C=O) groups excluding carboxylic acids is 2. The molecule has 0 radical (unpaired) electrons. The second kappa shape index (κ2) is 7.69. The Kier molecular flexibility index (Phi) is 5.13. The summed E-state index contributed by atoms with van der Waals surface area (Å²) in [6.45, 7) is 0.703. The Hall–Kier alpha value is -2.39. The number of thiazole rings is 1. The number of fused-ring (bicyclic) bond motifs is 1. The minimum Gasteiger partial charge on any atom is -0.364 e. The lowest BCUT2D eigenvalue weighted by atomic mass is 9.99. The van der Waals surface area contributed by atoms with Crippen molar-refractivity contribution in [3.05, 3.63) is 41.7 Å². The first-order chi connectivity index (χ1) is 13.1. The van der Waals surface area contributed by atoms with Crippen LogP contribution in [0.2, 0.25) is 0 Å². The molecule has 3 N–H and O–H groups in total. The maximum absolute atomic E-state index is 12.9. The van der Waals surface area contributed by atoms with Gasteiger partial charge in [0, 0.05) is 6.54 Å². The molecule has 4 rings (SSSR count). The zero-order valence-electron chi connectivity index (χ0n) is 14.6. The van der Waals surface area contributed by atoms with Crippen molar-refractivity contribution in [2.45, 2.75) is 29.6 Å². The van der Waals surface area contributed by atoms with Gasteiger partial charge in [0.05, 0.1) is 27.7 Å². The van der Waals surface area contributed by atoms with E-state index in [1.54, 1.807) is 17.4 Å². The molecule has 0 saturated carbocycles. The number of hydrogen-bond acceptors (Lipinski definition) is 6. The molecule has 1 fully saturated rings. The standard InChI is InChI=1S/C18H19N5O2S2/c19-17(25)13-9-12(21-22-13)14-6-3-4-8-23(14)16(24)10-26-18-20-11-5-1-2-7-15(11)27-18/h1-2,5,7,9,14H,3-4,6,8,10H2,(H2,19,25)(H,21,22)/t14-/m1/s1. The van der Waals surface area contributed by atoms with E-state index in [1.807, 2.05) is 29.2 Å². The van der Waals surface area contributed by atoms with Crippen LogP contribution in [0.15, 0.2) is 34.7 Å². The minimum atomic E-state index is -0.572. The predicted molar refractivity (Wildman–Crippen MR) is 106 cm³/mol. The van der Waals surface area contributed by atoms with Crippen LogP contribution in [0.3, 0.4) is 0 Å². The molecule has 1 aliphatic heterocycles. The smallest absolute Gasteiger partial charge is 0.269 e. The van der Waals surface area contributed by atoms with Crippen LogP contribution in [-0.4, -0.2) is 44.2 Å². The normalized spacial score (nSPS) is 17.3. The molecule has 0 aliphatic carbocycles. The van der Waals surface area contributed by atoms with Gasteiger partial charge in [-0.3, -0.25) is 14.7 Å². The fourth-order valence-electron chi connectivity index (χ4n) is 3.31.